The van der Waals surface area contributed by atoms with E-state index in [4.69, 9.17) is 5.26 Å². The van der Waals surface area contributed by atoms with E-state index in [2.05, 4.69) is 30.9 Å². The van der Waals surface area contributed by atoms with Crippen molar-refractivity contribution >= 4 is 22.0 Å². The average Bonchev–Trinajstić information content (AvgIpc) is 2.91. The number of nitriles is 1. The van der Waals surface area contributed by atoms with Crippen molar-refractivity contribution in [1.29, 1.82) is 5.26 Å². The number of thiazole rings is 1. The van der Waals surface area contributed by atoms with E-state index in [1.807, 2.05) is 18.4 Å². The molecule has 0 aliphatic rings. The van der Waals surface area contributed by atoms with E-state index in [1.54, 1.807) is 0 Å². The average molecular weight is 233 g/mol. The summed E-state index contributed by atoms with van der Waals surface area (Å²) >= 11 is 1.46. The normalized spacial score (nSPS) is 11.1. The van der Waals surface area contributed by atoms with Gasteiger partial charge in [0.2, 0.25) is 0 Å². The number of aromatic nitrogens is 5. The van der Waals surface area contributed by atoms with Gasteiger partial charge >= 0.3 is 0 Å². The molecule has 2 aromatic heterocycles. The summed E-state index contributed by atoms with van der Waals surface area (Å²) < 4.78 is 0. The molecule has 0 spiro atoms. The van der Waals surface area contributed by atoms with Crippen LogP contribution < -0.4 is 5.32 Å². The number of nitrogens with zero attached hydrogens (tertiary/aromatic N) is 5. The first-order valence-corrected chi connectivity index (χ1v) is 5.20. The lowest BCUT2D eigenvalue weighted by molar-refractivity contribution is 0.881. The number of aryl methyl sites for hydroxylation is 1. The number of nitrogens with one attached hydrogen (secondary N) is 2. The highest BCUT2D eigenvalue weighted by Crippen LogP contribution is 2.15. The molecular formula is C8H7N7S. The summed E-state index contributed by atoms with van der Waals surface area (Å²) in [7, 11) is 0. The highest BCUT2D eigenvalue weighted by molar-refractivity contribution is 7.13. The summed E-state index contributed by atoms with van der Waals surface area (Å²) in [6, 6.07) is 1.98. The van der Waals surface area contributed by atoms with Crippen molar-refractivity contribution in [2.45, 2.75) is 6.92 Å². The van der Waals surface area contributed by atoms with E-state index in [1.165, 1.54) is 17.5 Å². The number of hydrogen-bond acceptors (Lipinski definition) is 7. The van der Waals surface area contributed by atoms with Gasteiger partial charge in [-0.15, -0.1) is 16.4 Å². The fourth-order valence-electron chi connectivity index (χ4n) is 0.981. The molecule has 2 heterocycles. The van der Waals surface area contributed by atoms with Gasteiger partial charge in [0.05, 0.1) is 5.69 Å². The monoisotopic (exact) mass is 233 g/mol. The Bertz CT molecular complexity index is 533. The van der Waals surface area contributed by atoms with E-state index in [-0.39, 0.29) is 0 Å². The Kier molecular flexibility index (Phi) is 2.88. The van der Waals surface area contributed by atoms with Crippen LogP contribution in [0.25, 0.3) is 5.57 Å². The maximum atomic E-state index is 8.89. The van der Waals surface area contributed by atoms with Crippen molar-refractivity contribution < 1.29 is 0 Å². The van der Waals surface area contributed by atoms with Gasteiger partial charge in [-0.1, -0.05) is 0 Å². The summed E-state index contributed by atoms with van der Waals surface area (Å²) in [5.74, 6) is 0.322. The summed E-state index contributed by atoms with van der Waals surface area (Å²) in [6.45, 7) is 1.90. The zero-order valence-electron chi connectivity index (χ0n) is 8.30. The van der Waals surface area contributed by atoms with E-state index >= 15 is 0 Å². The van der Waals surface area contributed by atoms with E-state index in [0.29, 0.717) is 11.4 Å². The Balaban J connectivity index is 2.14. The molecule has 2 rings (SSSR count). The standard InChI is InChI=1S/C8H7N7S/c1-5-4-16-8(11-5)10-3-6(2-9)7-12-14-15-13-7/h3-4H,1H3,(H,10,11)(H,12,13,14,15)/b6-3-. The molecule has 0 bridgehead atoms. The van der Waals surface area contributed by atoms with Crippen LogP contribution >= 0.6 is 11.3 Å². The van der Waals surface area contributed by atoms with Crippen molar-refractivity contribution in [2.75, 3.05) is 5.32 Å². The van der Waals surface area contributed by atoms with Crippen LogP contribution in [0.2, 0.25) is 0 Å². The summed E-state index contributed by atoms with van der Waals surface area (Å²) in [4.78, 5) is 4.19. The van der Waals surface area contributed by atoms with Crippen LogP contribution in [-0.4, -0.2) is 25.6 Å². The molecule has 80 valence electrons. The van der Waals surface area contributed by atoms with Crippen molar-refractivity contribution in [1.82, 2.24) is 25.6 Å². The molecule has 16 heavy (non-hydrogen) atoms. The quantitative estimate of drug-likeness (QED) is 0.765. The van der Waals surface area contributed by atoms with Gasteiger partial charge in [0, 0.05) is 11.6 Å². The third-order valence-electron chi connectivity index (χ3n) is 1.68. The van der Waals surface area contributed by atoms with Crippen LogP contribution in [0.4, 0.5) is 5.13 Å². The zero-order valence-corrected chi connectivity index (χ0v) is 9.12. The maximum Gasteiger partial charge on any atom is 0.191 e. The largest absolute Gasteiger partial charge is 0.337 e. The molecular weight excluding hydrogens is 226 g/mol. The Morgan fingerprint density at radius 1 is 1.69 bits per heavy atom. The summed E-state index contributed by atoms with van der Waals surface area (Å²) in [6.07, 6.45) is 1.51. The first-order valence-electron chi connectivity index (χ1n) is 4.32. The van der Waals surface area contributed by atoms with Crippen LogP contribution in [0.1, 0.15) is 11.5 Å². The number of hydrogen-bond donors (Lipinski definition) is 2. The van der Waals surface area contributed by atoms with Gasteiger partial charge < -0.3 is 5.32 Å². The Labute approximate surface area is 94.8 Å². The van der Waals surface area contributed by atoms with Crippen LogP contribution in [0.15, 0.2) is 11.6 Å². The highest BCUT2D eigenvalue weighted by atomic mass is 32.1. The third-order valence-corrected chi connectivity index (χ3v) is 2.57. The number of aromatic amines is 1. The topological polar surface area (TPSA) is 103 Å². The third kappa shape index (κ3) is 2.21. The molecule has 8 heteroatoms. The van der Waals surface area contributed by atoms with Gasteiger partial charge in [-0.05, 0) is 17.4 Å². The predicted octanol–water partition coefficient (Wildman–Crippen LogP) is 0.941. The SMILES string of the molecule is Cc1csc(N/C=C(/C#N)c2nnn[nH]2)n1. The lowest BCUT2D eigenvalue weighted by atomic mass is 10.3. The van der Waals surface area contributed by atoms with Gasteiger partial charge in [0.15, 0.2) is 11.0 Å². The second-order valence-corrected chi connectivity index (χ2v) is 3.72. The second kappa shape index (κ2) is 4.50. The Hall–Kier alpha value is -2.27. The lowest BCUT2D eigenvalue weighted by Crippen LogP contribution is -1.92. The maximum absolute atomic E-state index is 8.89. The molecule has 0 saturated heterocycles. The van der Waals surface area contributed by atoms with Crippen molar-refractivity contribution in [2.24, 2.45) is 0 Å². The fraction of sp³-hybridized carbons (Fsp3) is 0.125. The molecule has 0 saturated carbocycles. The number of allylic oxidation sites excluding steroid dienone is 1. The van der Waals surface area contributed by atoms with Crippen LogP contribution in [0, 0.1) is 18.3 Å². The molecule has 0 aliphatic heterocycles. The number of rotatable bonds is 3. The number of anilines is 1. The van der Waals surface area contributed by atoms with Crippen LogP contribution in [-0.2, 0) is 0 Å². The fourth-order valence-corrected chi connectivity index (χ4v) is 1.64. The minimum absolute atomic E-state index is 0.317. The molecule has 0 amide bonds. The molecule has 2 N–H and O–H groups in total. The van der Waals surface area contributed by atoms with Crippen molar-refractivity contribution in [3.63, 3.8) is 0 Å². The van der Waals surface area contributed by atoms with Gasteiger partial charge in [-0.3, -0.25) is 0 Å². The smallest absolute Gasteiger partial charge is 0.191 e. The molecule has 0 unspecified atom stereocenters. The summed E-state index contributed by atoms with van der Waals surface area (Å²) in [5.41, 5.74) is 1.25. The lowest BCUT2D eigenvalue weighted by Gasteiger charge is -1.94. The zero-order chi connectivity index (χ0) is 11.4. The minimum Gasteiger partial charge on any atom is -0.337 e. The Morgan fingerprint density at radius 2 is 2.56 bits per heavy atom. The van der Waals surface area contributed by atoms with Gasteiger partial charge in [0.1, 0.15) is 11.6 Å². The van der Waals surface area contributed by atoms with E-state index in [9.17, 15) is 0 Å². The predicted molar refractivity (Wildman–Crippen MR) is 58.2 cm³/mol. The molecule has 0 atom stereocenters. The van der Waals surface area contributed by atoms with Crippen LogP contribution in [0.3, 0.4) is 0 Å². The summed E-state index contributed by atoms with van der Waals surface area (Å²) in [5, 5.41) is 27.4. The molecule has 0 fully saturated rings. The number of H-pyrrole nitrogens is 1. The van der Waals surface area contributed by atoms with Crippen molar-refractivity contribution in [3.05, 3.63) is 23.1 Å². The van der Waals surface area contributed by atoms with E-state index in [0.717, 1.165) is 10.8 Å². The van der Waals surface area contributed by atoms with Gasteiger partial charge in [-0.2, -0.15) is 5.26 Å². The van der Waals surface area contributed by atoms with Gasteiger partial charge in [-0.25, -0.2) is 10.1 Å². The van der Waals surface area contributed by atoms with Gasteiger partial charge in [0.25, 0.3) is 0 Å². The molecule has 0 radical (unpaired) electrons. The first-order chi connectivity index (χ1) is 7.79. The number of tetrazole rings is 1. The van der Waals surface area contributed by atoms with E-state index < -0.39 is 0 Å². The van der Waals surface area contributed by atoms with Crippen molar-refractivity contribution in [3.8, 4) is 6.07 Å². The Morgan fingerprint density at radius 3 is 3.12 bits per heavy atom. The van der Waals surface area contributed by atoms with Crippen LogP contribution in [0.5, 0.6) is 0 Å². The second-order valence-electron chi connectivity index (χ2n) is 2.86. The molecule has 0 aliphatic carbocycles. The molecule has 7 nitrogen and oxygen atoms in total. The first kappa shape index (κ1) is 10.3. The highest BCUT2D eigenvalue weighted by Gasteiger charge is 2.04. The molecule has 0 aromatic carbocycles. The minimum atomic E-state index is 0.317. The molecule has 2 aromatic rings.